The minimum absolute atomic E-state index is 0.110. The van der Waals surface area contributed by atoms with E-state index in [1.54, 1.807) is 11.4 Å². The fraction of sp³-hybridized carbons (Fsp3) is 0.429. The monoisotopic (exact) mass is 293 g/mol. The molecule has 5 nitrogen and oxygen atoms in total. The minimum Gasteiger partial charge on any atom is -0.478 e. The number of carbonyl (C=O) groups is 2. The van der Waals surface area contributed by atoms with Gasteiger partial charge < -0.3 is 15.2 Å². The molecule has 2 aliphatic rings. The van der Waals surface area contributed by atoms with Crippen LogP contribution >= 0.6 is 11.3 Å². The van der Waals surface area contributed by atoms with E-state index in [-0.39, 0.29) is 18.1 Å². The van der Waals surface area contributed by atoms with Gasteiger partial charge in [-0.15, -0.1) is 11.3 Å². The summed E-state index contributed by atoms with van der Waals surface area (Å²) in [6.07, 6.45) is 6.04. The molecule has 2 fully saturated rings. The second kappa shape index (κ2) is 5.38. The Morgan fingerprint density at radius 1 is 1.45 bits per heavy atom. The number of carboxylic acid groups (broad SMARTS) is 1. The molecule has 3 atom stereocenters. The second-order valence-electron chi connectivity index (χ2n) is 5.10. The van der Waals surface area contributed by atoms with Crippen molar-refractivity contribution in [1.29, 1.82) is 0 Å². The van der Waals surface area contributed by atoms with Crippen LogP contribution in [0.5, 0.6) is 0 Å². The van der Waals surface area contributed by atoms with Crippen LogP contribution in [0, 0.1) is 0 Å². The van der Waals surface area contributed by atoms with Gasteiger partial charge in [0.25, 0.3) is 5.91 Å². The van der Waals surface area contributed by atoms with Crippen molar-refractivity contribution in [3.8, 4) is 0 Å². The van der Waals surface area contributed by atoms with Gasteiger partial charge in [-0.2, -0.15) is 0 Å². The van der Waals surface area contributed by atoms with Crippen molar-refractivity contribution in [2.75, 3.05) is 0 Å². The highest BCUT2D eigenvalue weighted by Crippen LogP contribution is 2.34. The molecule has 2 N–H and O–H groups in total. The normalized spacial score (nSPS) is 28.1. The van der Waals surface area contributed by atoms with Crippen molar-refractivity contribution < 1.29 is 19.4 Å². The van der Waals surface area contributed by atoms with Crippen LogP contribution in [0.4, 0.5) is 0 Å². The summed E-state index contributed by atoms with van der Waals surface area (Å²) in [5, 5.41) is 13.3. The van der Waals surface area contributed by atoms with E-state index in [0.29, 0.717) is 11.7 Å². The number of rotatable bonds is 4. The Labute approximate surface area is 120 Å². The van der Waals surface area contributed by atoms with Gasteiger partial charge in [0.05, 0.1) is 23.8 Å². The number of amides is 1. The summed E-state index contributed by atoms with van der Waals surface area (Å²) < 4.78 is 5.70. The molecule has 2 aliphatic heterocycles. The Kier molecular flexibility index (Phi) is 3.58. The molecule has 3 rings (SSSR count). The first kappa shape index (κ1) is 13.3. The molecule has 2 saturated heterocycles. The van der Waals surface area contributed by atoms with Crippen LogP contribution in [0.3, 0.4) is 0 Å². The smallest absolute Gasteiger partial charge is 0.328 e. The van der Waals surface area contributed by atoms with Gasteiger partial charge in [-0.3, -0.25) is 4.79 Å². The summed E-state index contributed by atoms with van der Waals surface area (Å²) in [7, 11) is 0. The highest BCUT2D eigenvalue weighted by atomic mass is 32.1. The summed E-state index contributed by atoms with van der Waals surface area (Å²) in [4.78, 5) is 23.3. The van der Waals surface area contributed by atoms with Crippen molar-refractivity contribution in [2.45, 2.75) is 37.5 Å². The molecule has 0 radical (unpaired) electrons. The van der Waals surface area contributed by atoms with Crippen LogP contribution in [-0.4, -0.2) is 35.2 Å². The van der Waals surface area contributed by atoms with Crippen LogP contribution in [-0.2, 0) is 9.53 Å². The summed E-state index contributed by atoms with van der Waals surface area (Å²) >= 11 is 1.35. The molecule has 2 bridgehead atoms. The van der Waals surface area contributed by atoms with Crippen LogP contribution < -0.4 is 5.32 Å². The third-order valence-corrected chi connectivity index (χ3v) is 4.59. The second-order valence-corrected chi connectivity index (χ2v) is 6.04. The molecule has 0 aromatic carbocycles. The van der Waals surface area contributed by atoms with Gasteiger partial charge in [0, 0.05) is 16.3 Å². The molecule has 1 amide bonds. The Morgan fingerprint density at radius 3 is 2.95 bits per heavy atom. The van der Waals surface area contributed by atoms with E-state index in [9.17, 15) is 9.59 Å². The third-order valence-electron chi connectivity index (χ3n) is 3.69. The number of fused-ring (bicyclic) bond motifs is 2. The molecule has 0 aliphatic carbocycles. The van der Waals surface area contributed by atoms with Gasteiger partial charge in [0.2, 0.25) is 0 Å². The van der Waals surface area contributed by atoms with E-state index in [4.69, 9.17) is 9.84 Å². The van der Waals surface area contributed by atoms with Gasteiger partial charge in [0.15, 0.2) is 0 Å². The Hall–Kier alpha value is -1.66. The molecule has 106 valence electrons. The quantitative estimate of drug-likeness (QED) is 0.831. The van der Waals surface area contributed by atoms with E-state index in [1.165, 1.54) is 17.4 Å². The fourth-order valence-electron chi connectivity index (χ4n) is 2.75. The molecule has 1 aromatic rings. The number of carboxylic acids is 1. The Morgan fingerprint density at radius 2 is 2.30 bits per heavy atom. The van der Waals surface area contributed by atoms with Crippen molar-refractivity contribution in [3.63, 3.8) is 0 Å². The summed E-state index contributed by atoms with van der Waals surface area (Å²) in [5.74, 6) is -1.11. The molecule has 6 heteroatoms. The van der Waals surface area contributed by atoms with E-state index >= 15 is 0 Å². The number of carbonyl (C=O) groups excluding carboxylic acids is 1. The predicted octanol–water partition coefficient (Wildman–Crippen LogP) is 1.90. The SMILES string of the molecule is O=C(O)/C=C/c1cc(C(=O)NC2CC3CCC2O3)cs1. The topological polar surface area (TPSA) is 75.6 Å². The largest absolute Gasteiger partial charge is 0.478 e. The van der Waals surface area contributed by atoms with Crippen LogP contribution in [0.25, 0.3) is 6.08 Å². The van der Waals surface area contributed by atoms with Crippen LogP contribution in [0.15, 0.2) is 17.5 Å². The molecule has 0 spiro atoms. The van der Waals surface area contributed by atoms with E-state index in [0.717, 1.165) is 30.2 Å². The lowest BCUT2D eigenvalue weighted by Crippen LogP contribution is -2.41. The van der Waals surface area contributed by atoms with Crippen LogP contribution in [0.1, 0.15) is 34.5 Å². The molecule has 0 saturated carbocycles. The van der Waals surface area contributed by atoms with Gasteiger partial charge >= 0.3 is 5.97 Å². The molecular weight excluding hydrogens is 278 g/mol. The highest BCUT2D eigenvalue weighted by Gasteiger charge is 2.41. The van der Waals surface area contributed by atoms with Crippen molar-refractivity contribution >= 4 is 29.3 Å². The molecular formula is C14H15NO4S. The summed E-state index contributed by atoms with van der Waals surface area (Å²) in [6, 6.07) is 1.81. The first-order valence-electron chi connectivity index (χ1n) is 6.57. The first-order valence-corrected chi connectivity index (χ1v) is 7.45. The maximum Gasteiger partial charge on any atom is 0.328 e. The number of hydrogen-bond donors (Lipinski definition) is 2. The first-order chi connectivity index (χ1) is 9.61. The van der Waals surface area contributed by atoms with Crippen molar-refractivity contribution in [3.05, 3.63) is 28.0 Å². The zero-order valence-corrected chi connectivity index (χ0v) is 11.6. The average molecular weight is 293 g/mol. The van der Waals surface area contributed by atoms with Gasteiger partial charge in [0.1, 0.15) is 0 Å². The zero-order chi connectivity index (χ0) is 14.1. The number of thiophene rings is 1. The van der Waals surface area contributed by atoms with Crippen LogP contribution in [0.2, 0.25) is 0 Å². The maximum atomic E-state index is 12.1. The predicted molar refractivity (Wildman–Crippen MR) is 74.8 cm³/mol. The van der Waals surface area contributed by atoms with Gasteiger partial charge in [-0.05, 0) is 31.4 Å². The lowest BCUT2D eigenvalue weighted by atomic mass is 9.95. The molecule has 20 heavy (non-hydrogen) atoms. The summed E-state index contributed by atoms with van der Waals surface area (Å²) in [5.41, 5.74) is 0.572. The summed E-state index contributed by atoms with van der Waals surface area (Å²) in [6.45, 7) is 0. The number of hydrogen-bond acceptors (Lipinski definition) is 4. The van der Waals surface area contributed by atoms with Crippen molar-refractivity contribution in [1.82, 2.24) is 5.32 Å². The standard InChI is InChI=1S/C14H15NO4S/c16-13(17)4-2-10-5-8(7-20-10)14(18)15-11-6-9-1-3-12(11)19-9/h2,4-5,7,9,11-12H,1,3,6H2,(H,15,18)(H,16,17)/b4-2+. The minimum atomic E-state index is -0.997. The van der Waals surface area contributed by atoms with E-state index in [2.05, 4.69) is 5.32 Å². The Balaban J connectivity index is 1.61. The number of aliphatic carboxylic acids is 1. The maximum absolute atomic E-state index is 12.1. The number of nitrogens with one attached hydrogen (secondary N) is 1. The van der Waals surface area contributed by atoms with Gasteiger partial charge in [-0.25, -0.2) is 4.79 Å². The van der Waals surface area contributed by atoms with E-state index < -0.39 is 5.97 Å². The van der Waals surface area contributed by atoms with Crippen molar-refractivity contribution in [2.24, 2.45) is 0 Å². The Bertz CT molecular complexity index is 565. The highest BCUT2D eigenvalue weighted by molar-refractivity contribution is 7.11. The third kappa shape index (κ3) is 2.76. The fourth-order valence-corrected chi connectivity index (χ4v) is 3.53. The lowest BCUT2D eigenvalue weighted by Gasteiger charge is -2.19. The molecule has 1 aromatic heterocycles. The lowest BCUT2D eigenvalue weighted by molar-refractivity contribution is -0.131. The number of ether oxygens (including phenoxy) is 1. The van der Waals surface area contributed by atoms with E-state index in [1.807, 2.05) is 0 Å². The van der Waals surface area contributed by atoms with Gasteiger partial charge in [-0.1, -0.05) is 0 Å². The zero-order valence-electron chi connectivity index (χ0n) is 10.7. The molecule has 3 unspecified atom stereocenters. The molecule has 3 heterocycles. The average Bonchev–Trinajstić information content (AvgIpc) is 3.12.